The normalized spacial score (nSPS) is 22.7. The number of imidazole rings is 1. The number of nitrogens with one attached hydrogen (secondary N) is 2. The Bertz CT molecular complexity index is 533. The molecule has 3 N–H and O–H groups in total. The second kappa shape index (κ2) is 7.05. The molecule has 21 heavy (non-hydrogen) atoms. The number of aliphatic hydroxyl groups excluding tert-OH is 1. The summed E-state index contributed by atoms with van der Waals surface area (Å²) in [4.78, 5) is 7.96. The Hall–Kier alpha value is -1.39. The van der Waals surface area contributed by atoms with E-state index in [0.29, 0.717) is 18.4 Å². The number of hydrogen-bond acceptors (Lipinski definition) is 3. The van der Waals surface area contributed by atoms with Gasteiger partial charge in [0.25, 0.3) is 0 Å². The molecule has 114 valence electrons. The lowest BCUT2D eigenvalue weighted by molar-refractivity contribution is 0.133. The monoisotopic (exact) mass is 287 g/mol. The van der Waals surface area contributed by atoms with Gasteiger partial charge >= 0.3 is 0 Å². The first-order valence-corrected chi connectivity index (χ1v) is 8.12. The Morgan fingerprint density at radius 1 is 1.19 bits per heavy atom. The number of hydrogen-bond donors (Lipinski definition) is 3. The molecule has 1 aliphatic rings. The van der Waals surface area contributed by atoms with Gasteiger partial charge in [0.1, 0.15) is 5.82 Å². The molecule has 2 atom stereocenters. The number of aromatic nitrogens is 2. The second-order valence-electron chi connectivity index (χ2n) is 6.14. The van der Waals surface area contributed by atoms with E-state index >= 15 is 0 Å². The fourth-order valence-corrected chi connectivity index (χ4v) is 3.41. The van der Waals surface area contributed by atoms with Crippen molar-refractivity contribution in [2.75, 3.05) is 19.7 Å². The summed E-state index contributed by atoms with van der Waals surface area (Å²) in [5, 5.41) is 13.0. The standard InChI is InChI=1S/C17H25N3O/c21-12-14-6-2-1-5-13(14)11-18-10-9-17-19-15-7-3-4-8-16(15)20-17/h3-4,7-8,13-14,18,21H,1-2,5-6,9-12H2,(H,19,20). The van der Waals surface area contributed by atoms with Crippen LogP contribution in [-0.2, 0) is 6.42 Å². The Morgan fingerprint density at radius 2 is 2.00 bits per heavy atom. The molecule has 0 saturated heterocycles. The van der Waals surface area contributed by atoms with Crippen LogP contribution in [0, 0.1) is 11.8 Å². The first-order chi connectivity index (χ1) is 10.4. The molecule has 2 unspecified atom stereocenters. The minimum Gasteiger partial charge on any atom is -0.396 e. The zero-order valence-corrected chi connectivity index (χ0v) is 12.5. The van der Waals surface area contributed by atoms with Gasteiger partial charge in [-0.15, -0.1) is 0 Å². The number of nitrogens with zero attached hydrogens (tertiary/aromatic N) is 1. The fraction of sp³-hybridized carbons (Fsp3) is 0.588. The molecule has 1 aromatic heterocycles. The maximum absolute atomic E-state index is 9.43. The number of rotatable bonds is 6. The van der Waals surface area contributed by atoms with E-state index in [1.54, 1.807) is 0 Å². The molecule has 0 radical (unpaired) electrons. The Morgan fingerprint density at radius 3 is 2.81 bits per heavy atom. The topological polar surface area (TPSA) is 60.9 Å². The molecule has 4 heteroatoms. The number of para-hydroxylation sites is 2. The van der Waals surface area contributed by atoms with Crippen molar-refractivity contribution in [3.63, 3.8) is 0 Å². The summed E-state index contributed by atoms with van der Waals surface area (Å²) in [6.45, 7) is 2.30. The highest BCUT2D eigenvalue weighted by molar-refractivity contribution is 5.74. The van der Waals surface area contributed by atoms with Gasteiger partial charge in [0, 0.05) is 19.6 Å². The summed E-state index contributed by atoms with van der Waals surface area (Å²) in [5.74, 6) is 2.18. The average Bonchev–Trinajstić information content (AvgIpc) is 2.94. The van der Waals surface area contributed by atoms with E-state index in [1.807, 2.05) is 18.2 Å². The maximum atomic E-state index is 9.43. The first kappa shape index (κ1) is 14.5. The quantitative estimate of drug-likeness (QED) is 0.715. The van der Waals surface area contributed by atoms with Crippen LogP contribution in [-0.4, -0.2) is 34.8 Å². The number of benzene rings is 1. The molecule has 1 fully saturated rings. The second-order valence-corrected chi connectivity index (χ2v) is 6.14. The highest BCUT2D eigenvalue weighted by Gasteiger charge is 2.23. The summed E-state index contributed by atoms with van der Waals surface area (Å²) in [6.07, 6.45) is 5.95. The first-order valence-electron chi connectivity index (χ1n) is 8.12. The largest absolute Gasteiger partial charge is 0.396 e. The van der Waals surface area contributed by atoms with Crippen LogP contribution >= 0.6 is 0 Å². The van der Waals surface area contributed by atoms with Crippen molar-refractivity contribution in [1.29, 1.82) is 0 Å². The Kier molecular flexibility index (Phi) is 4.88. The maximum Gasteiger partial charge on any atom is 0.108 e. The highest BCUT2D eigenvalue weighted by atomic mass is 16.3. The van der Waals surface area contributed by atoms with Crippen LogP contribution in [0.15, 0.2) is 24.3 Å². The van der Waals surface area contributed by atoms with Crippen molar-refractivity contribution in [1.82, 2.24) is 15.3 Å². The molecular weight excluding hydrogens is 262 g/mol. The molecule has 0 bridgehead atoms. The summed E-state index contributed by atoms with van der Waals surface area (Å²) in [6, 6.07) is 8.15. The van der Waals surface area contributed by atoms with E-state index in [1.165, 1.54) is 25.7 Å². The summed E-state index contributed by atoms with van der Waals surface area (Å²) < 4.78 is 0. The SMILES string of the molecule is OCC1CCCCC1CNCCc1nc2ccccc2[nH]1. The Labute approximate surface area is 126 Å². The van der Waals surface area contributed by atoms with Crippen molar-refractivity contribution in [2.24, 2.45) is 11.8 Å². The van der Waals surface area contributed by atoms with Gasteiger partial charge in [0.15, 0.2) is 0 Å². The van der Waals surface area contributed by atoms with Gasteiger partial charge in [0.05, 0.1) is 11.0 Å². The minimum atomic E-state index is 0.343. The zero-order valence-electron chi connectivity index (χ0n) is 12.5. The van der Waals surface area contributed by atoms with E-state index in [-0.39, 0.29) is 0 Å². The predicted octanol–water partition coefficient (Wildman–Crippen LogP) is 2.49. The molecule has 0 amide bonds. The van der Waals surface area contributed by atoms with Crippen molar-refractivity contribution >= 4 is 11.0 Å². The van der Waals surface area contributed by atoms with Crippen LogP contribution in [0.2, 0.25) is 0 Å². The lowest BCUT2D eigenvalue weighted by atomic mass is 9.79. The highest BCUT2D eigenvalue weighted by Crippen LogP contribution is 2.28. The van der Waals surface area contributed by atoms with Crippen molar-refractivity contribution in [3.05, 3.63) is 30.1 Å². The molecule has 0 aliphatic heterocycles. The van der Waals surface area contributed by atoms with Gasteiger partial charge in [-0.2, -0.15) is 0 Å². The molecule has 1 aromatic carbocycles. The van der Waals surface area contributed by atoms with E-state index in [4.69, 9.17) is 0 Å². The van der Waals surface area contributed by atoms with Crippen LogP contribution < -0.4 is 5.32 Å². The third-order valence-electron chi connectivity index (χ3n) is 4.68. The van der Waals surface area contributed by atoms with Crippen molar-refractivity contribution in [3.8, 4) is 0 Å². The van der Waals surface area contributed by atoms with Gasteiger partial charge in [-0.3, -0.25) is 0 Å². The number of fused-ring (bicyclic) bond motifs is 1. The molecule has 2 aromatic rings. The number of aliphatic hydroxyl groups is 1. The molecule has 0 spiro atoms. The summed E-state index contributed by atoms with van der Waals surface area (Å²) >= 11 is 0. The van der Waals surface area contributed by atoms with Gasteiger partial charge in [-0.05, 0) is 43.4 Å². The minimum absolute atomic E-state index is 0.343. The molecule has 1 saturated carbocycles. The van der Waals surface area contributed by atoms with Crippen LogP contribution in [0.4, 0.5) is 0 Å². The van der Waals surface area contributed by atoms with Gasteiger partial charge in [-0.1, -0.05) is 25.0 Å². The lowest BCUT2D eigenvalue weighted by Crippen LogP contribution is -2.33. The molecule has 1 aliphatic carbocycles. The van der Waals surface area contributed by atoms with Crippen LogP contribution in [0.25, 0.3) is 11.0 Å². The Balaban J connectivity index is 1.45. The molecular formula is C17H25N3O. The number of aromatic amines is 1. The summed E-state index contributed by atoms with van der Waals surface area (Å²) in [5.41, 5.74) is 2.15. The van der Waals surface area contributed by atoms with Crippen molar-refractivity contribution in [2.45, 2.75) is 32.1 Å². The van der Waals surface area contributed by atoms with Gasteiger partial charge in [0.2, 0.25) is 0 Å². The van der Waals surface area contributed by atoms with Crippen molar-refractivity contribution < 1.29 is 5.11 Å². The smallest absolute Gasteiger partial charge is 0.108 e. The molecule has 4 nitrogen and oxygen atoms in total. The third kappa shape index (κ3) is 3.63. The molecule has 3 rings (SSSR count). The summed E-state index contributed by atoms with van der Waals surface area (Å²) in [7, 11) is 0. The lowest BCUT2D eigenvalue weighted by Gasteiger charge is -2.30. The average molecular weight is 287 g/mol. The van der Waals surface area contributed by atoms with Crippen LogP contribution in [0.5, 0.6) is 0 Å². The predicted molar refractivity (Wildman–Crippen MR) is 85.2 cm³/mol. The number of H-pyrrole nitrogens is 1. The third-order valence-corrected chi connectivity index (χ3v) is 4.68. The van der Waals surface area contributed by atoms with E-state index in [0.717, 1.165) is 36.4 Å². The van der Waals surface area contributed by atoms with Gasteiger partial charge in [-0.25, -0.2) is 4.98 Å². The van der Waals surface area contributed by atoms with Crippen LogP contribution in [0.1, 0.15) is 31.5 Å². The fourth-order valence-electron chi connectivity index (χ4n) is 3.41. The van der Waals surface area contributed by atoms with Crippen LogP contribution in [0.3, 0.4) is 0 Å². The van der Waals surface area contributed by atoms with E-state index in [9.17, 15) is 5.11 Å². The zero-order chi connectivity index (χ0) is 14.5. The van der Waals surface area contributed by atoms with Gasteiger partial charge < -0.3 is 15.4 Å². The van der Waals surface area contributed by atoms with E-state index < -0.39 is 0 Å². The van der Waals surface area contributed by atoms with E-state index in [2.05, 4.69) is 21.4 Å². The molecule has 1 heterocycles.